The minimum atomic E-state index is 0.132. The fourth-order valence-corrected chi connectivity index (χ4v) is 2.12. The van der Waals surface area contributed by atoms with E-state index in [2.05, 4.69) is 39.8 Å². The summed E-state index contributed by atoms with van der Waals surface area (Å²) in [5.74, 6) is 0.433. The van der Waals surface area contributed by atoms with Crippen molar-refractivity contribution in [1.82, 2.24) is 0 Å². The Bertz CT molecular complexity index is 313. The maximum Gasteiger partial charge on any atom is 0.137 e. The molecule has 0 amide bonds. The molecule has 0 aromatic heterocycles. The van der Waals surface area contributed by atoms with Crippen LogP contribution in [-0.4, -0.2) is 5.78 Å². The first-order valence-corrected chi connectivity index (χ1v) is 5.67. The van der Waals surface area contributed by atoms with Crippen LogP contribution >= 0.6 is 0 Å². The molecule has 0 heterocycles. The van der Waals surface area contributed by atoms with Gasteiger partial charge in [-0.2, -0.15) is 0 Å². The van der Waals surface area contributed by atoms with E-state index in [-0.39, 0.29) is 11.3 Å². The van der Waals surface area contributed by atoms with Gasteiger partial charge in [0.2, 0.25) is 0 Å². The van der Waals surface area contributed by atoms with E-state index >= 15 is 0 Å². The Kier molecular flexibility index (Phi) is 3.54. The molecule has 0 fully saturated rings. The van der Waals surface area contributed by atoms with Crippen LogP contribution in [0.3, 0.4) is 0 Å². The molecule has 0 aromatic rings. The average molecular weight is 206 g/mol. The Morgan fingerprint density at radius 2 is 2.07 bits per heavy atom. The first-order chi connectivity index (χ1) is 6.79. The summed E-state index contributed by atoms with van der Waals surface area (Å²) < 4.78 is 0. The van der Waals surface area contributed by atoms with Crippen molar-refractivity contribution in [2.45, 2.75) is 47.5 Å². The van der Waals surface area contributed by atoms with Crippen molar-refractivity contribution in [2.24, 2.45) is 11.3 Å². The van der Waals surface area contributed by atoms with Crippen LogP contribution in [0.2, 0.25) is 0 Å². The summed E-state index contributed by atoms with van der Waals surface area (Å²) >= 11 is 0. The minimum absolute atomic E-state index is 0.132. The lowest BCUT2D eigenvalue weighted by atomic mass is 9.79. The monoisotopic (exact) mass is 206 g/mol. The molecule has 1 atom stereocenters. The van der Waals surface area contributed by atoms with Gasteiger partial charge in [-0.15, -0.1) is 0 Å². The Balaban J connectivity index is 2.98. The van der Waals surface area contributed by atoms with Crippen molar-refractivity contribution in [3.05, 3.63) is 23.3 Å². The summed E-state index contributed by atoms with van der Waals surface area (Å²) in [6, 6.07) is 0. The van der Waals surface area contributed by atoms with Gasteiger partial charge in [-0.25, -0.2) is 0 Å². The van der Waals surface area contributed by atoms with Gasteiger partial charge in [0.25, 0.3) is 0 Å². The molecule has 0 aromatic carbocycles. The third-order valence-corrected chi connectivity index (χ3v) is 2.74. The van der Waals surface area contributed by atoms with Crippen LogP contribution in [0.5, 0.6) is 0 Å². The summed E-state index contributed by atoms with van der Waals surface area (Å²) in [5.41, 5.74) is 2.87. The van der Waals surface area contributed by atoms with E-state index in [4.69, 9.17) is 0 Å². The fourth-order valence-electron chi connectivity index (χ4n) is 2.12. The van der Waals surface area contributed by atoms with Crippen molar-refractivity contribution in [1.29, 1.82) is 0 Å². The van der Waals surface area contributed by atoms with Gasteiger partial charge in [0.1, 0.15) is 5.78 Å². The third-order valence-electron chi connectivity index (χ3n) is 2.74. The molecule has 1 nitrogen and oxygen atoms in total. The van der Waals surface area contributed by atoms with E-state index in [1.807, 2.05) is 0 Å². The number of carbonyl (C=O) groups is 1. The summed E-state index contributed by atoms with van der Waals surface area (Å²) in [6.45, 7) is 10.4. The van der Waals surface area contributed by atoms with E-state index in [1.54, 1.807) is 6.92 Å². The SMILES string of the molecule is CC(=O)C1CC=C(C)CC1=CC(C)(C)C. The fraction of sp³-hybridized carbons (Fsp3) is 0.643. The maximum atomic E-state index is 11.5. The van der Waals surface area contributed by atoms with Gasteiger partial charge < -0.3 is 0 Å². The standard InChI is InChI=1S/C14H22O/c1-10-6-7-13(11(2)15)12(8-10)9-14(3,4)5/h6,9,13H,7-8H2,1-5H3. The van der Waals surface area contributed by atoms with Gasteiger partial charge in [0, 0.05) is 5.92 Å². The van der Waals surface area contributed by atoms with Crippen LogP contribution in [0.15, 0.2) is 23.3 Å². The van der Waals surface area contributed by atoms with Crippen LogP contribution in [0.1, 0.15) is 47.5 Å². The van der Waals surface area contributed by atoms with E-state index < -0.39 is 0 Å². The Labute approximate surface area is 93.3 Å². The molecule has 1 unspecified atom stereocenters. The lowest BCUT2D eigenvalue weighted by Gasteiger charge is -2.25. The molecule has 15 heavy (non-hydrogen) atoms. The predicted octanol–water partition coefficient (Wildman–Crippen LogP) is 3.90. The van der Waals surface area contributed by atoms with Gasteiger partial charge in [0.05, 0.1) is 0 Å². The van der Waals surface area contributed by atoms with Crippen LogP contribution in [0.4, 0.5) is 0 Å². The van der Waals surface area contributed by atoms with Crippen molar-refractivity contribution in [3.8, 4) is 0 Å². The van der Waals surface area contributed by atoms with Crippen molar-refractivity contribution in [2.75, 3.05) is 0 Å². The number of allylic oxidation sites excluding steroid dienone is 4. The van der Waals surface area contributed by atoms with Crippen molar-refractivity contribution < 1.29 is 4.79 Å². The second-order valence-corrected chi connectivity index (χ2v) is 5.71. The average Bonchev–Trinajstić information content (AvgIpc) is 1.99. The molecule has 1 rings (SSSR count). The van der Waals surface area contributed by atoms with Gasteiger partial charge in [-0.1, -0.05) is 44.1 Å². The van der Waals surface area contributed by atoms with Gasteiger partial charge in [0.15, 0.2) is 0 Å². The molecular weight excluding hydrogens is 184 g/mol. The number of Topliss-reactive ketones (excluding diaryl/α,β-unsaturated/α-hetero) is 1. The van der Waals surface area contributed by atoms with Crippen LogP contribution in [0.25, 0.3) is 0 Å². The largest absolute Gasteiger partial charge is 0.299 e. The van der Waals surface area contributed by atoms with Crippen LogP contribution in [-0.2, 0) is 4.79 Å². The Hall–Kier alpha value is -0.850. The summed E-state index contributed by atoms with van der Waals surface area (Å²) in [7, 11) is 0. The molecule has 0 saturated carbocycles. The maximum absolute atomic E-state index is 11.5. The minimum Gasteiger partial charge on any atom is -0.299 e. The molecule has 1 heteroatoms. The van der Waals surface area contributed by atoms with Gasteiger partial charge >= 0.3 is 0 Å². The summed E-state index contributed by atoms with van der Waals surface area (Å²) in [5, 5.41) is 0. The van der Waals surface area contributed by atoms with E-state index in [1.165, 1.54) is 11.1 Å². The molecule has 1 aliphatic carbocycles. The second-order valence-electron chi connectivity index (χ2n) is 5.71. The van der Waals surface area contributed by atoms with E-state index in [0.29, 0.717) is 5.78 Å². The Morgan fingerprint density at radius 3 is 2.53 bits per heavy atom. The summed E-state index contributed by atoms with van der Waals surface area (Å²) in [4.78, 5) is 11.5. The predicted molar refractivity (Wildman–Crippen MR) is 64.7 cm³/mol. The normalized spacial score (nSPS) is 25.3. The van der Waals surface area contributed by atoms with Crippen molar-refractivity contribution in [3.63, 3.8) is 0 Å². The number of hydrogen-bond donors (Lipinski definition) is 0. The summed E-state index contributed by atoms with van der Waals surface area (Å²) in [6.07, 6.45) is 6.34. The highest BCUT2D eigenvalue weighted by molar-refractivity contribution is 5.82. The van der Waals surface area contributed by atoms with Crippen molar-refractivity contribution >= 4 is 5.78 Å². The number of ketones is 1. The highest BCUT2D eigenvalue weighted by atomic mass is 16.1. The number of hydrogen-bond acceptors (Lipinski definition) is 1. The molecule has 0 aliphatic heterocycles. The molecule has 0 N–H and O–H groups in total. The highest BCUT2D eigenvalue weighted by Gasteiger charge is 2.23. The quantitative estimate of drug-likeness (QED) is 0.595. The lowest BCUT2D eigenvalue weighted by molar-refractivity contribution is -0.119. The highest BCUT2D eigenvalue weighted by Crippen LogP contribution is 2.32. The van der Waals surface area contributed by atoms with Gasteiger partial charge in [-0.3, -0.25) is 4.79 Å². The van der Waals surface area contributed by atoms with E-state index in [9.17, 15) is 4.79 Å². The second kappa shape index (κ2) is 4.34. The zero-order valence-corrected chi connectivity index (χ0v) is 10.6. The van der Waals surface area contributed by atoms with Crippen LogP contribution in [0, 0.1) is 11.3 Å². The molecule has 0 saturated heterocycles. The molecule has 0 spiro atoms. The molecule has 0 radical (unpaired) electrons. The first-order valence-electron chi connectivity index (χ1n) is 5.67. The molecular formula is C14H22O. The zero-order valence-electron chi connectivity index (χ0n) is 10.6. The number of carbonyl (C=O) groups excluding carboxylic acids is 1. The topological polar surface area (TPSA) is 17.1 Å². The lowest BCUT2D eigenvalue weighted by Crippen LogP contribution is -2.18. The number of rotatable bonds is 1. The Morgan fingerprint density at radius 1 is 1.47 bits per heavy atom. The smallest absolute Gasteiger partial charge is 0.137 e. The molecule has 0 bridgehead atoms. The molecule has 84 valence electrons. The van der Waals surface area contributed by atoms with Gasteiger partial charge in [-0.05, 0) is 32.1 Å². The van der Waals surface area contributed by atoms with E-state index in [0.717, 1.165) is 12.8 Å². The third kappa shape index (κ3) is 3.65. The first kappa shape index (κ1) is 12.2. The zero-order chi connectivity index (χ0) is 11.6. The molecule has 1 aliphatic rings. The van der Waals surface area contributed by atoms with Crippen LogP contribution < -0.4 is 0 Å².